The molecule has 0 aliphatic carbocycles. The van der Waals surface area contributed by atoms with E-state index in [1.165, 1.54) is 0 Å². The largest absolute Gasteiger partial charge is 0.338 e. The van der Waals surface area contributed by atoms with E-state index in [-0.39, 0.29) is 23.3 Å². The van der Waals surface area contributed by atoms with E-state index < -0.39 is 10.0 Å². The minimum Gasteiger partial charge on any atom is -0.338 e. The van der Waals surface area contributed by atoms with Crippen molar-refractivity contribution in [3.63, 3.8) is 0 Å². The third-order valence-corrected chi connectivity index (χ3v) is 6.44. The second-order valence-electron chi connectivity index (χ2n) is 6.39. The first-order chi connectivity index (χ1) is 10.2. The zero-order valence-corrected chi connectivity index (χ0v) is 14.7. The molecular formula is C14H26N4O3S. The quantitative estimate of drug-likeness (QED) is 0.879. The third kappa shape index (κ3) is 3.67. The van der Waals surface area contributed by atoms with Crippen LogP contribution in [-0.2, 0) is 10.0 Å². The predicted molar refractivity (Wildman–Crippen MR) is 83.8 cm³/mol. The maximum Gasteiger partial charge on any atom is 0.243 e. The van der Waals surface area contributed by atoms with Crippen LogP contribution in [-0.4, -0.2) is 47.2 Å². The first-order valence-corrected chi connectivity index (χ1v) is 9.27. The maximum atomic E-state index is 12.3. The lowest BCUT2D eigenvalue weighted by molar-refractivity contribution is 0.199. The molecule has 0 radical (unpaired) electrons. The molecule has 0 amide bonds. The molecule has 2 heterocycles. The van der Waals surface area contributed by atoms with Crippen LogP contribution in [0.3, 0.4) is 0 Å². The van der Waals surface area contributed by atoms with Gasteiger partial charge in [0.1, 0.15) is 0 Å². The number of sulfonamides is 1. The fraction of sp³-hybridized carbons (Fsp3) is 0.857. The summed E-state index contributed by atoms with van der Waals surface area (Å²) in [5.74, 6) is 1.42. The Hall–Kier alpha value is -0.990. The van der Waals surface area contributed by atoms with Crippen molar-refractivity contribution in [1.29, 1.82) is 0 Å². The first kappa shape index (κ1) is 17.4. The van der Waals surface area contributed by atoms with E-state index in [2.05, 4.69) is 22.4 Å². The molecule has 126 valence electrons. The molecule has 3 atom stereocenters. The van der Waals surface area contributed by atoms with Crippen LogP contribution in [0.15, 0.2) is 4.52 Å². The van der Waals surface area contributed by atoms with E-state index in [0.717, 1.165) is 6.42 Å². The Labute approximate surface area is 132 Å². The SMILES string of the molecule is Cc1noc([C@H](C)N[C@@H]2CCN(S(=O)(=O)C(C)C)C[C@@H]2C)n1. The number of nitrogens with zero attached hydrogens (tertiary/aromatic N) is 3. The van der Waals surface area contributed by atoms with Crippen LogP contribution in [0.1, 0.15) is 51.9 Å². The molecule has 1 saturated heterocycles. The molecule has 0 saturated carbocycles. The number of hydrogen-bond acceptors (Lipinski definition) is 6. The normalized spacial score (nSPS) is 25.5. The topological polar surface area (TPSA) is 88.3 Å². The van der Waals surface area contributed by atoms with Gasteiger partial charge in [-0.2, -0.15) is 4.98 Å². The summed E-state index contributed by atoms with van der Waals surface area (Å²) in [4.78, 5) is 4.23. The van der Waals surface area contributed by atoms with Crippen molar-refractivity contribution >= 4 is 10.0 Å². The van der Waals surface area contributed by atoms with Crippen molar-refractivity contribution < 1.29 is 12.9 Å². The molecule has 1 fully saturated rings. The minimum absolute atomic E-state index is 0.0399. The summed E-state index contributed by atoms with van der Waals surface area (Å²) in [6.45, 7) is 10.4. The average molecular weight is 330 g/mol. The highest BCUT2D eigenvalue weighted by Crippen LogP contribution is 2.23. The standard InChI is InChI=1S/C14H26N4O3S/c1-9(2)22(19,20)18-7-6-13(10(3)8-18)15-11(4)14-16-12(5)17-21-14/h9-11,13,15H,6-8H2,1-5H3/t10-,11-,13+/m0/s1. The molecule has 1 aromatic rings. The van der Waals surface area contributed by atoms with Crippen molar-refractivity contribution in [3.05, 3.63) is 11.7 Å². The summed E-state index contributed by atoms with van der Waals surface area (Å²) in [6.07, 6.45) is 0.782. The smallest absolute Gasteiger partial charge is 0.243 e. The van der Waals surface area contributed by atoms with Gasteiger partial charge in [0.15, 0.2) is 5.82 Å². The van der Waals surface area contributed by atoms with Crippen LogP contribution in [0.2, 0.25) is 0 Å². The van der Waals surface area contributed by atoms with Crippen LogP contribution in [0, 0.1) is 12.8 Å². The van der Waals surface area contributed by atoms with Gasteiger partial charge in [-0.15, -0.1) is 0 Å². The molecule has 0 bridgehead atoms. The molecule has 1 aliphatic rings. The van der Waals surface area contributed by atoms with E-state index in [4.69, 9.17) is 4.52 Å². The molecule has 1 aromatic heterocycles. The second-order valence-corrected chi connectivity index (χ2v) is 8.88. The lowest BCUT2D eigenvalue weighted by atomic mass is 9.94. The fourth-order valence-electron chi connectivity index (χ4n) is 2.77. The lowest BCUT2D eigenvalue weighted by Crippen LogP contribution is -2.51. The number of aryl methyl sites for hydroxylation is 1. The van der Waals surface area contributed by atoms with Gasteiger partial charge >= 0.3 is 0 Å². The van der Waals surface area contributed by atoms with Gasteiger partial charge in [-0.05, 0) is 40.0 Å². The zero-order chi connectivity index (χ0) is 16.5. The first-order valence-electron chi connectivity index (χ1n) is 7.77. The van der Waals surface area contributed by atoms with E-state index in [1.807, 2.05) is 6.92 Å². The van der Waals surface area contributed by atoms with Gasteiger partial charge in [-0.25, -0.2) is 12.7 Å². The van der Waals surface area contributed by atoms with Crippen molar-refractivity contribution in [2.45, 2.75) is 58.4 Å². The molecule has 0 unspecified atom stereocenters. The van der Waals surface area contributed by atoms with Crippen LogP contribution < -0.4 is 5.32 Å². The van der Waals surface area contributed by atoms with Crippen molar-refractivity contribution in [3.8, 4) is 0 Å². The van der Waals surface area contributed by atoms with E-state index in [1.54, 1.807) is 25.1 Å². The van der Waals surface area contributed by atoms with E-state index >= 15 is 0 Å². The van der Waals surface area contributed by atoms with Gasteiger partial charge in [0, 0.05) is 19.1 Å². The molecule has 0 aromatic carbocycles. The minimum atomic E-state index is -3.17. The Morgan fingerprint density at radius 3 is 2.55 bits per heavy atom. The summed E-state index contributed by atoms with van der Waals surface area (Å²) in [5.41, 5.74) is 0. The van der Waals surface area contributed by atoms with Gasteiger partial charge < -0.3 is 9.84 Å². The highest BCUT2D eigenvalue weighted by atomic mass is 32.2. The van der Waals surface area contributed by atoms with Gasteiger partial charge in [0.25, 0.3) is 0 Å². The number of piperidine rings is 1. The van der Waals surface area contributed by atoms with Gasteiger partial charge in [0.05, 0.1) is 11.3 Å². The van der Waals surface area contributed by atoms with Gasteiger partial charge in [0.2, 0.25) is 15.9 Å². The van der Waals surface area contributed by atoms with Crippen LogP contribution >= 0.6 is 0 Å². The third-order valence-electron chi connectivity index (χ3n) is 4.20. The molecule has 8 heteroatoms. The zero-order valence-electron chi connectivity index (χ0n) is 13.9. The number of hydrogen-bond donors (Lipinski definition) is 1. The monoisotopic (exact) mass is 330 g/mol. The van der Waals surface area contributed by atoms with Crippen LogP contribution in [0.4, 0.5) is 0 Å². The highest BCUT2D eigenvalue weighted by molar-refractivity contribution is 7.89. The Kier molecular flexibility index (Phi) is 5.24. The summed E-state index contributed by atoms with van der Waals surface area (Å²) in [7, 11) is -3.17. The lowest BCUT2D eigenvalue weighted by Gasteiger charge is -2.38. The molecule has 1 aliphatic heterocycles. The molecule has 1 N–H and O–H groups in total. The molecular weight excluding hydrogens is 304 g/mol. The molecule has 22 heavy (non-hydrogen) atoms. The van der Waals surface area contributed by atoms with Crippen LogP contribution in [0.5, 0.6) is 0 Å². The molecule has 7 nitrogen and oxygen atoms in total. The summed E-state index contributed by atoms with van der Waals surface area (Å²) < 4.78 is 31.3. The van der Waals surface area contributed by atoms with Gasteiger partial charge in [-0.1, -0.05) is 12.1 Å². The van der Waals surface area contributed by atoms with E-state index in [9.17, 15) is 8.42 Å². The molecule has 2 rings (SSSR count). The summed E-state index contributed by atoms with van der Waals surface area (Å²) in [6, 6.07) is 0.197. The fourth-order valence-corrected chi connectivity index (χ4v) is 4.16. The summed E-state index contributed by atoms with van der Waals surface area (Å²) in [5, 5.41) is 6.91. The molecule has 0 spiro atoms. The Morgan fingerprint density at radius 2 is 2.05 bits per heavy atom. The second kappa shape index (κ2) is 6.64. The predicted octanol–water partition coefficient (Wildman–Crippen LogP) is 1.48. The van der Waals surface area contributed by atoms with E-state index in [0.29, 0.717) is 24.8 Å². The Bertz CT molecular complexity index is 599. The summed E-state index contributed by atoms with van der Waals surface area (Å²) >= 11 is 0. The Balaban J connectivity index is 1.96. The Morgan fingerprint density at radius 1 is 1.36 bits per heavy atom. The number of aromatic nitrogens is 2. The highest BCUT2D eigenvalue weighted by Gasteiger charge is 2.34. The van der Waals surface area contributed by atoms with Gasteiger partial charge in [-0.3, -0.25) is 0 Å². The van der Waals surface area contributed by atoms with Crippen molar-refractivity contribution in [2.24, 2.45) is 5.92 Å². The van der Waals surface area contributed by atoms with Crippen LogP contribution in [0.25, 0.3) is 0 Å². The maximum absolute atomic E-state index is 12.3. The average Bonchev–Trinajstić information content (AvgIpc) is 2.87. The van der Waals surface area contributed by atoms with Crippen molar-refractivity contribution in [2.75, 3.05) is 13.1 Å². The van der Waals surface area contributed by atoms with Crippen molar-refractivity contribution in [1.82, 2.24) is 19.8 Å². The number of nitrogens with one attached hydrogen (secondary N) is 1. The number of rotatable bonds is 5.